The smallest absolute Gasteiger partial charge is 0.279 e. The minimum absolute atomic E-state index is 0. The Balaban J connectivity index is -0.000000750. The van der Waals surface area contributed by atoms with Gasteiger partial charge in [-0.25, -0.2) is 4.99 Å². The second kappa shape index (κ2) is 11.4. The Labute approximate surface area is 155 Å². The zero-order valence-corrected chi connectivity index (χ0v) is 16.1. The van der Waals surface area contributed by atoms with E-state index < -0.39 is 0 Å². The van der Waals surface area contributed by atoms with Gasteiger partial charge in [-0.15, -0.1) is 41.9 Å². The van der Waals surface area contributed by atoms with Crippen LogP contribution in [0.2, 0.25) is 0 Å². The van der Waals surface area contributed by atoms with Gasteiger partial charge in [0.25, 0.3) is 5.91 Å². The van der Waals surface area contributed by atoms with Crippen molar-refractivity contribution in [1.29, 1.82) is 0 Å². The molecule has 1 radical (unpaired) electrons. The van der Waals surface area contributed by atoms with Crippen molar-refractivity contribution in [3.63, 3.8) is 0 Å². The minimum atomic E-state index is -0.344. The van der Waals surface area contributed by atoms with E-state index in [9.17, 15) is 4.79 Å². The van der Waals surface area contributed by atoms with Gasteiger partial charge in [0.2, 0.25) is 0 Å². The first-order valence-electron chi connectivity index (χ1n) is 4.41. The number of carbonyl (C=O) groups is 1. The second-order valence-electron chi connectivity index (χ2n) is 2.99. The number of halogens is 1. The van der Waals surface area contributed by atoms with Crippen LogP contribution in [0.5, 0.6) is 0 Å². The van der Waals surface area contributed by atoms with E-state index >= 15 is 0 Å². The summed E-state index contributed by atoms with van der Waals surface area (Å²) in [6, 6.07) is 0. The number of hydrogen-bond acceptors (Lipinski definition) is 4. The third-order valence-electron chi connectivity index (χ3n) is 1.76. The number of nitrogens with zero attached hydrogens (tertiary/aromatic N) is 3. The van der Waals surface area contributed by atoms with Crippen molar-refractivity contribution in [3.8, 4) is 0 Å². The van der Waals surface area contributed by atoms with E-state index in [2.05, 4.69) is 21.2 Å². The first-order valence-corrected chi connectivity index (χ1v) is 5.63. The van der Waals surface area contributed by atoms with E-state index in [1.54, 1.807) is 20.8 Å². The van der Waals surface area contributed by atoms with Crippen molar-refractivity contribution in [2.75, 3.05) is 6.26 Å². The maximum absolute atomic E-state index is 11.7. The molecule has 0 spiro atoms. The maximum atomic E-state index is 11.7. The van der Waals surface area contributed by atoms with Crippen LogP contribution in [0.1, 0.15) is 36.2 Å². The summed E-state index contributed by atoms with van der Waals surface area (Å²) in [5.74, 6) is -0.344. The third-order valence-corrected chi connectivity index (χ3v) is 2.45. The van der Waals surface area contributed by atoms with E-state index in [-0.39, 0.29) is 70.0 Å². The largest absolute Gasteiger partial charge is 0.452 e. The van der Waals surface area contributed by atoms with Crippen molar-refractivity contribution in [3.05, 3.63) is 23.3 Å². The van der Waals surface area contributed by atoms with Crippen LogP contribution in [-0.2, 0) is 32.7 Å². The Morgan fingerprint density at radius 1 is 1.39 bits per heavy atom. The average Bonchev–Trinajstić information content (AvgIpc) is 2.21. The van der Waals surface area contributed by atoms with Crippen LogP contribution in [0.3, 0.4) is 0 Å². The molecule has 0 saturated carbocycles. The molecule has 0 aliphatic heterocycles. The number of thioether (sulfide) groups is 1. The topological polar surface area (TPSA) is 55.2 Å². The van der Waals surface area contributed by atoms with Crippen molar-refractivity contribution in [2.45, 2.75) is 28.2 Å². The Bertz CT molecular complexity index is 427. The Morgan fingerprint density at radius 2 is 1.94 bits per heavy atom. The van der Waals surface area contributed by atoms with Crippen LogP contribution in [0.15, 0.2) is 4.99 Å². The zero-order chi connectivity index (χ0) is 11.4. The molecule has 1 heterocycles. The van der Waals surface area contributed by atoms with Crippen LogP contribution in [0, 0.1) is 20.0 Å². The van der Waals surface area contributed by atoms with Gasteiger partial charge in [-0.3, -0.25) is 9.78 Å². The van der Waals surface area contributed by atoms with Crippen LogP contribution in [0.4, 0.5) is 0 Å². The summed E-state index contributed by atoms with van der Waals surface area (Å²) in [5.41, 5.74) is 1.46. The quantitative estimate of drug-likeness (QED) is 0.283. The summed E-state index contributed by atoms with van der Waals surface area (Å²) in [4.78, 5) is 23.6. The van der Waals surface area contributed by atoms with E-state index in [1.807, 2.05) is 6.26 Å². The molecule has 0 bridgehead atoms. The molecule has 1 aromatic heterocycles. The number of hydrogen-bond donors (Lipinski definition) is 0. The first kappa shape index (κ1) is 23.7. The number of amides is 1. The fourth-order valence-corrected chi connectivity index (χ4v) is 1.11. The fourth-order valence-electron chi connectivity index (χ4n) is 0.935. The van der Waals surface area contributed by atoms with Gasteiger partial charge in [0.05, 0.1) is 10.7 Å². The number of rotatable bonds is 1. The molecule has 1 amide bonds. The van der Waals surface area contributed by atoms with Crippen LogP contribution in [0.25, 0.3) is 0 Å². The maximum Gasteiger partial charge on any atom is 0.279 e. The number of carbonyl (C=O) groups excluding carboxylic acids is 1. The van der Waals surface area contributed by atoms with Crippen LogP contribution < -0.4 is 0 Å². The number of aryl methyl sites for hydroxylation is 2. The Kier molecular flexibility index (Phi) is 15.0. The summed E-state index contributed by atoms with van der Waals surface area (Å²) in [6.45, 7) is 5.25. The third kappa shape index (κ3) is 7.26. The average molecular weight is 455 g/mol. The normalized spacial score (nSPS) is 9.67. The van der Waals surface area contributed by atoms with Gasteiger partial charge in [0.1, 0.15) is 0 Å². The monoisotopic (exact) mass is 455 g/mol. The van der Waals surface area contributed by atoms with Crippen molar-refractivity contribution >= 4 is 46.7 Å². The summed E-state index contributed by atoms with van der Waals surface area (Å²) in [6.07, 6.45) is 4.56. The first-order chi connectivity index (χ1) is 7.04. The predicted molar refractivity (Wildman–Crippen MR) is 83.4 cm³/mol. The molecular formula is C11H17IN3OSY-. The van der Waals surface area contributed by atoms with E-state index in [1.165, 1.54) is 11.8 Å². The molecule has 0 fully saturated rings. The molecule has 1 aromatic rings. The van der Waals surface area contributed by atoms with Crippen molar-refractivity contribution in [1.82, 2.24) is 9.97 Å². The molecular weight excluding hydrogens is 438 g/mol. The molecule has 0 N–H and O–H groups in total. The molecule has 7 heteroatoms. The summed E-state index contributed by atoms with van der Waals surface area (Å²) < 4.78 is 0. The van der Waals surface area contributed by atoms with E-state index in [4.69, 9.17) is 0 Å². The van der Waals surface area contributed by atoms with Gasteiger partial charge in [-0.2, -0.15) is 0 Å². The van der Waals surface area contributed by atoms with Crippen molar-refractivity contribution < 1.29 is 37.5 Å². The van der Waals surface area contributed by atoms with Crippen molar-refractivity contribution in [2.24, 2.45) is 4.99 Å². The molecule has 18 heavy (non-hydrogen) atoms. The molecule has 0 aliphatic rings. The molecule has 0 atom stereocenters. The minimum Gasteiger partial charge on any atom is -0.452 e. The molecule has 1 rings (SSSR count). The van der Waals surface area contributed by atoms with E-state index in [0.717, 1.165) is 0 Å². The van der Waals surface area contributed by atoms with Gasteiger partial charge in [-0.05, 0) is 25.8 Å². The van der Waals surface area contributed by atoms with Gasteiger partial charge in [0.15, 0.2) is 0 Å². The van der Waals surface area contributed by atoms with Gasteiger partial charge in [0, 0.05) is 32.7 Å². The van der Waals surface area contributed by atoms with Gasteiger partial charge >= 0.3 is 0 Å². The van der Waals surface area contributed by atoms with Gasteiger partial charge in [-0.1, -0.05) is 20.0 Å². The number of aromatic nitrogens is 2. The van der Waals surface area contributed by atoms with Gasteiger partial charge < -0.3 is 4.98 Å². The number of aliphatic imine (C=N–C) groups is 1. The molecule has 0 saturated heterocycles. The second-order valence-corrected chi connectivity index (χ2v) is 3.99. The molecule has 0 unspecified atom stereocenters. The molecule has 99 valence electrons. The van der Waals surface area contributed by atoms with Crippen LogP contribution >= 0.6 is 35.7 Å². The summed E-state index contributed by atoms with van der Waals surface area (Å²) >= 11 is 1.43. The zero-order valence-electron chi connectivity index (χ0n) is 10.1. The SMILES string of the molecule is C.CSC(C)=NC(=O)c1nc(C)[c-]nc1C.I.[Y]. The molecule has 0 aliphatic carbocycles. The summed E-state index contributed by atoms with van der Waals surface area (Å²) in [7, 11) is 0. The fraction of sp³-hybridized carbons (Fsp3) is 0.455. The Hall–Kier alpha value is 0.604. The summed E-state index contributed by atoms with van der Waals surface area (Å²) in [5, 5.41) is 0.715. The standard InChI is InChI=1S/C10H12N3OS.CH4.HI.Y/c1-6-5-11-7(2)9(12-6)10(14)13-8(3)15-4;;;/h1-4H3;1H4;1H;/q-1;;;. The Morgan fingerprint density at radius 3 is 2.44 bits per heavy atom. The van der Waals surface area contributed by atoms with E-state index in [0.29, 0.717) is 22.1 Å². The van der Waals surface area contributed by atoms with Crippen LogP contribution in [-0.4, -0.2) is 27.2 Å². The molecule has 4 nitrogen and oxygen atoms in total. The predicted octanol–water partition coefficient (Wildman–Crippen LogP) is 3.07. The molecule has 0 aromatic carbocycles.